The van der Waals surface area contributed by atoms with Gasteiger partial charge in [0, 0.05) is 11.6 Å². The minimum Gasteiger partial charge on any atom is -0.429 e. The van der Waals surface area contributed by atoms with Gasteiger partial charge in [0.2, 0.25) is 5.75 Å². The standard InChI is InChI=1S/C13H18NO/c1-9-6-10(13(2,3)4)12-11(7-9)14(5)8-15-12/h6-7H,5,8H2,1-4H3/q+1. The largest absolute Gasteiger partial charge is 0.429 e. The normalized spacial score (nSPS) is 15.1. The highest BCUT2D eigenvalue weighted by molar-refractivity contribution is 5.58. The molecule has 0 atom stereocenters. The van der Waals surface area contributed by atoms with Gasteiger partial charge in [-0.25, -0.2) is 0 Å². The van der Waals surface area contributed by atoms with Crippen LogP contribution in [0.5, 0.6) is 5.75 Å². The van der Waals surface area contributed by atoms with Gasteiger partial charge in [0.05, 0.1) is 0 Å². The topological polar surface area (TPSA) is 12.2 Å². The molecule has 1 aliphatic heterocycles. The first-order chi connectivity index (χ1) is 6.89. The van der Waals surface area contributed by atoms with E-state index in [0.29, 0.717) is 6.73 Å². The molecular weight excluding hydrogens is 186 g/mol. The molecule has 0 aliphatic carbocycles. The molecule has 80 valence electrons. The van der Waals surface area contributed by atoms with E-state index in [2.05, 4.69) is 46.5 Å². The Bertz CT molecular complexity index is 427. The van der Waals surface area contributed by atoms with E-state index in [9.17, 15) is 0 Å². The van der Waals surface area contributed by atoms with Crippen molar-refractivity contribution in [3.05, 3.63) is 23.3 Å². The molecule has 15 heavy (non-hydrogen) atoms. The molecule has 0 spiro atoms. The number of fused-ring (bicyclic) bond motifs is 1. The third-order valence-electron chi connectivity index (χ3n) is 2.73. The van der Waals surface area contributed by atoms with Gasteiger partial charge in [-0.2, -0.15) is 4.58 Å². The van der Waals surface area contributed by atoms with Crippen LogP contribution in [0.3, 0.4) is 0 Å². The van der Waals surface area contributed by atoms with Crippen LogP contribution >= 0.6 is 0 Å². The van der Waals surface area contributed by atoms with Crippen LogP contribution < -0.4 is 4.74 Å². The Kier molecular flexibility index (Phi) is 2.10. The average molecular weight is 204 g/mol. The Balaban J connectivity index is 2.67. The second kappa shape index (κ2) is 3.09. The highest BCUT2D eigenvalue weighted by atomic mass is 16.5. The van der Waals surface area contributed by atoms with Gasteiger partial charge in [0.1, 0.15) is 6.72 Å². The molecule has 1 heterocycles. The van der Waals surface area contributed by atoms with Crippen LogP contribution in [-0.4, -0.2) is 18.0 Å². The Morgan fingerprint density at radius 2 is 2.00 bits per heavy atom. The second-order valence-corrected chi connectivity index (χ2v) is 5.22. The molecule has 0 aromatic heterocycles. The number of hydrogen-bond donors (Lipinski definition) is 0. The Morgan fingerprint density at radius 1 is 1.33 bits per heavy atom. The summed E-state index contributed by atoms with van der Waals surface area (Å²) in [5.74, 6) is 1.00. The van der Waals surface area contributed by atoms with Crippen molar-refractivity contribution < 1.29 is 9.31 Å². The minimum atomic E-state index is 0.112. The van der Waals surface area contributed by atoms with Crippen LogP contribution in [-0.2, 0) is 5.41 Å². The van der Waals surface area contributed by atoms with Crippen LogP contribution in [0.1, 0.15) is 31.9 Å². The zero-order chi connectivity index (χ0) is 11.2. The summed E-state index contributed by atoms with van der Waals surface area (Å²) >= 11 is 0. The van der Waals surface area contributed by atoms with Crippen molar-refractivity contribution in [2.24, 2.45) is 0 Å². The predicted octanol–water partition coefficient (Wildman–Crippen LogP) is 2.99. The monoisotopic (exact) mass is 204 g/mol. The van der Waals surface area contributed by atoms with Gasteiger partial charge in [-0.05, 0) is 17.9 Å². The molecule has 0 saturated carbocycles. The number of aryl methyl sites for hydroxylation is 1. The van der Waals surface area contributed by atoms with E-state index in [0.717, 1.165) is 11.4 Å². The van der Waals surface area contributed by atoms with Crippen molar-refractivity contribution in [3.8, 4) is 5.75 Å². The molecule has 2 heteroatoms. The molecule has 0 radical (unpaired) electrons. The van der Waals surface area contributed by atoms with E-state index >= 15 is 0 Å². The van der Waals surface area contributed by atoms with Gasteiger partial charge in [-0.1, -0.05) is 26.8 Å². The van der Waals surface area contributed by atoms with Crippen molar-refractivity contribution in [2.75, 3.05) is 6.73 Å². The van der Waals surface area contributed by atoms with Crippen molar-refractivity contribution in [2.45, 2.75) is 33.1 Å². The zero-order valence-corrected chi connectivity index (χ0v) is 9.92. The Labute approximate surface area is 91.2 Å². The summed E-state index contributed by atoms with van der Waals surface area (Å²) in [6, 6.07) is 4.34. The molecule has 1 aliphatic rings. The molecule has 1 aromatic rings. The molecule has 0 bridgehead atoms. The summed E-state index contributed by atoms with van der Waals surface area (Å²) in [6.07, 6.45) is 0. The fraction of sp³-hybridized carbons (Fsp3) is 0.462. The fourth-order valence-electron chi connectivity index (χ4n) is 1.91. The lowest BCUT2D eigenvalue weighted by Crippen LogP contribution is -2.12. The Morgan fingerprint density at radius 3 is 2.60 bits per heavy atom. The number of rotatable bonds is 0. The molecule has 2 rings (SSSR count). The molecule has 0 fully saturated rings. The summed E-state index contributed by atoms with van der Waals surface area (Å²) in [6.45, 7) is 13.2. The molecule has 1 aromatic carbocycles. The maximum Gasteiger partial charge on any atom is 0.292 e. The van der Waals surface area contributed by atoms with Gasteiger partial charge >= 0.3 is 0 Å². The van der Waals surface area contributed by atoms with E-state index in [1.807, 2.05) is 4.58 Å². The smallest absolute Gasteiger partial charge is 0.292 e. The van der Waals surface area contributed by atoms with Crippen LogP contribution in [0.2, 0.25) is 0 Å². The number of ether oxygens (including phenoxy) is 1. The number of nitrogens with zero attached hydrogens (tertiary/aromatic N) is 1. The molecule has 0 amide bonds. The number of benzene rings is 1. The lowest BCUT2D eigenvalue weighted by molar-refractivity contribution is -0.449. The Hall–Kier alpha value is -1.31. The first kappa shape index (κ1) is 10.2. The van der Waals surface area contributed by atoms with Crippen molar-refractivity contribution >= 4 is 12.4 Å². The summed E-state index contributed by atoms with van der Waals surface area (Å²) in [4.78, 5) is 0. The van der Waals surface area contributed by atoms with Gasteiger partial charge in [-0.3, -0.25) is 0 Å². The fourth-order valence-corrected chi connectivity index (χ4v) is 1.91. The van der Waals surface area contributed by atoms with Crippen molar-refractivity contribution in [3.63, 3.8) is 0 Å². The van der Waals surface area contributed by atoms with Gasteiger partial charge < -0.3 is 4.74 Å². The summed E-state index contributed by atoms with van der Waals surface area (Å²) in [5.41, 5.74) is 3.75. The first-order valence-electron chi connectivity index (χ1n) is 5.25. The summed E-state index contributed by atoms with van der Waals surface area (Å²) in [7, 11) is 0. The highest BCUT2D eigenvalue weighted by Crippen LogP contribution is 2.42. The predicted molar refractivity (Wildman–Crippen MR) is 62.4 cm³/mol. The minimum absolute atomic E-state index is 0.112. The van der Waals surface area contributed by atoms with Crippen LogP contribution in [0.25, 0.3) is 0 Å². The van der Waals surface area contributed by atoms with Gasteiger partial charge in [0.15, 0.2) is 0 Å². The van der Waals surface area contributed by atoms with Crippen molar-refractivity contribution in [1.82, 2.24) is 0 Å². The maximum atomic E-state index is 5.69. The van der Waals surface area contributed by atoms with Crippen molar-refractivity contribution in [1.29, 1.82) is 0 Å². The summed E-state index contributed by atoms with van der Waals surface area (Å²) in [5, 5.41) is 0. The first-order valence-corrected chi connectivity index (χ1v) is 5.25. The zero-order valence-electron chi connectivity index (χ0n) is 9.92. The third kappa shape index (κ3) is 1.65. The molecule has 2 nitrogen and oxygen atoms in total. The van der Waals surface area contributed by atoms with E-state index in [4.69, 9.17) is 4.74 Å². The van der Waals surface area contributed by atoms with E-state index in [-0.39, 0.29) is 5.41 Å². The van der Waals surface area contributed by atoms with E-state index in [1.165, 1.54) is 11.1 Å². The quantitative estimate of drug-likeness (QED) is 0.592. The van der Waals surface area contributed by atoms with Gasteiger partial charge in [0.25, 0.3) is 12.4 Å². The summed E-state index contributed by atoms with van der Waals surface area (Å²) < 4.78 is 7.59. The van der Waals surface area contributed by atoms with Crippen LogP contribution in [0.15, 0.2) is 12.1 Å². The highest BCUT2D eigenvalue weighted by Gasteiger charge is 2.31. The number of hydrogen-bond acceptors (Lipinski definition) is 1. The third-order valence-corrected chi connectivity index (χ3v) is 2.73. The lowest BCUT2D eigenvalue weighted by atomic mass is 9.85. The maximum absolute atomic E-state index is 5.69. The molecule has 0 unspecified atom stereocenters. The molecule has 0 N–H and O–H groups in total. The lowest BCUT2D eigenvalue weighted by Gasteiger charge is -2.20. The molecule has 0 saturated heterocycles. The van der Waals surface area contributed by atoms with Crippen LogP contribution in [0, 0.1) is 6.92 Å². The van der Waals surface area contributed by atoms with Gasteiger partial charge in [-0.15, -0.1) is 0 Å². The molecular formula is C13H18NO+. The van der Waals surface area contributed by atoms with E-state index in [1.54, 1.807) is 0 Å². The second-order valence-electron chi connectivity index (χ2n) is 5.22. The van der Waals surface area contributed by atoms with Crippen LogP contribution in [0.4, 0.5) is 5.69 Å². The van der Waals surface area contributed by atoms with E-state index < -0.39 is 0 Å². The SMILES string of the molecule is C=[N+]1COc2c1cc(C)cc2C(C)(C)C. The average Bonchev–Trinajstić information content (AvgIpc) is 2.45.